The molecule has 7 heteroatoms. The van der Waals surface area contributed by atoms with Crippen LogP contribution in [0.5, 0.6) is 0 Å². The Morgan fingerprint density at radius 1 is 1.43 bits per heavy atom. The zero-order chi connectivity index (χ0) is 15.4. The van der Waals surface area contributed by atoms with Crippen molar-refractivity contribution in [3.8, 4) is 0 Å². The van der Waals surface area contributed by atoms with Gasteiger partial charge in [-0.1, -0.05) is 6.92 Å². The SMILES string of the molecule is CCOC(=O)c1nc(CC)n(CCc2nc(C)cs2)c1N. The van der Waals surface area contributed by atoms with Gasteiger partial charge in [-0.2, -0.15) is 0 Å². The lowest BCUT2D eigenvalue weighted by molar-refractivity contribution is 0.0521. The second-order valence-electron chi connectivity index (χ2n) is 4.62. The predicted octanol–water partition coefficient (Wildman–Crippen LogP) is 2.21. The normalized spacial score (nSPS) is 10.8. The summed E-state index contributed by atoms with van der Waals surface area (Å²) in [5.74, 6) is 0.705. The molecule has 0 aromatic carbocycles. The fourth-order valence-corrected chi connectivity index (χ4v) is 2.87. The number of carbonyl (C=O) groups is 1. The molecule has 2 heterocycles. The van der Waals surface area contributed by atoms with Crippen LogP contribution < -0.4 is 5.73 Å². The Morgan fingerprint density at radius 2 is 2.19 bits per heavy atom. The fourth-order valence-electron chi connectivity index (χ4n) is 2.11. The van der Waals surface area contributed by atoms with E-state index in [4.69, 9.17) is 10.5 Å². The summed E-state index contributed by atoms with van der Waals surface area (Å²) in [6.45, 7) is 6.69. The van der Waals surface area contributed by atoms with Gasteiger partial charge in [0, 0.05) is 30.5 Å². The van der Waals surface area contributed by atoms with Crippen LogP contribution in [0.15, 0.2) is 5.38 Å². The molecule has 0 spiro atoms. The van der Waals surface area contributed by atoms with Crippen LogP contribution in [-0.2, 0) is 24.1 Å². The third kappa shape index (κ3) is 3.41. The van der Waals surface area contributed by atoms with E-state index in [9.17, 15) is 4.79 Å². The molecule has 0 saturated carbocycles. The number of nitrogen functional groups attached to an aromatic ring is 1. The summed E-state index contributed by atoms with van der Waals surface area (Å²) in [5, 5.41) is 3.08. The third-order valence-electron chi connectivity index (χ3n) is 3.09. The minimum Gasteiger partial charge on any atom is -0.461 e. The number of carbonyl (C=O) groups excluding carboxylic acids is 1. The molecule has 0 aliphatic carbocycles. The fraction of sp³-hybridized carbons (Fsp3) is 0.500. The minimum absolute atomic E-state index is 0.212. The number of aryl methyl sites for hydroxylation is 3. The summed E-state index contributed by atoms with van der Waals surface area (Å²) in [5.41, 5.74) is 7.30. The molecule has 2 aromatic rings. The highest BCUT2D eigenvalue weighted by molar-refractivity contribution is 7.09. The lowest BCUT2D eigenvalue weighted by Crippen LogP contribution is -2.11. The molecule has 0 fully saturated rings. The summed E-state index contributed by atoms with van der Waals surface area (Å²) in [6.07, 6.45) is 1.48. The van der Waals surface area contributed by atoms with Crippen LogP contribution in [0.2, 0.25) is 0 Å². The average molecular weight is 308 g/mol. The van der Waals surface area contributed by atoms with Crippen molar-refractivity contribution in [1.82, 2.24) is 14.5 Å². The maximum Gasteiger partial charge on any atom is 0.360 e. The summed E-state index contributed by atoms with van der Waals surface area (Å²) in [7, 11) is 0. The first-order valence-electron chi connectivity index (χ1n) is 6.99. The van der Waals surface area contributed by atoms with E-state index in [2.05, 4.69) is 9.97 Å². The van der Waals surface area contributed by atoms with Gasteiger partial charge in [-0.05, 0) is 13.8 Å². The van der Waals surface area contributed by atoms with Crippen LogP contribution in [0.4, 0.5) is 5.82 Å². The molecule has 0 atom stereocenters. The highest BCUT2D eigenvalue weighted by atomic mass is 32.1. The van der Waals surface area contributed by atoms with Gasteiger partial charge >= 0.3 is 5.97 Å². The van der Waals surface area contributed by atoms with Crippen molar-refractivity contribution < 1.29 is 9.53 Å². The molecule has 0 aliphatic rings. The van der Waals surface area contributed by atoms with Crippen LogP contribution in [0.1, 0.15) is 40.9 Å². The number of hydrogen-bond acceptors (Lipinski definition) is 6. The Kier molecular flexibility index (Phi) is 4.95. The van der Waals surface area contributed by atoms with Crippen molar-refractivity contribution in [2.24, 2.45) is 0 Å². The highest BCUT2D eigenvalue weighted by Gasteiger charge is 2.20. The second kappa shape index (κ2) is 6.71. The number of ether oxygens (including phenoxy) is 1. The summed E-state index contributed by atoms with van der Waals surface area (Å²) in [6, 6.07) is 0. The van der Waals surface area contributed by atoms with Crippen LogP contribution in [0.25, 0.3) is 0 Å². The van der Waals surface area contributed by atoms with Gasteiger partial charge in [-0.3, -0.25) is 0 Å². The van der Waals surface area contributed by atoms with E-state index in [0.29, 0.717) is 25.4 Å². The van der Waals surface area contributed by atoms with Gasteiger partial charge in [0.15, 0.2) is 5.69 Å². The van der Waals surface area contributed by atoms with Crippen LogP contribution in [-0.4, -0.2) is 27.1 Å². The van der Waals surface area contributed by atoms with Gasteiger partial charge in [0.2, 0.25) is 0 Å². The van der Waals surface area contributed by atoms with Crippen LogP contribution in [0, 0.1) is 6.92 Å². The minimum atomic E-state index is -0.464. The molecule has 0 bridgehead atoms. The monoisotopic (exact) mass is 308 g/mol. The molecule has 21 heavy (non-hydrogen) atoms. The zero-order valence-corrected chi connectivity index (χ0v) is 13.4. The van der Waals surface area contributed by atoms with Gasteiger partial charge in [0.25, 0.3) is 0 Å². The standard InChI is InChI=1S/C14H20N4O2S/c1-4-10-17-12(14(19)20-5-2)13(15)18(10)7-6-11-16-9(3)8-21-11/h8H,4-7,15H2,1-3H3. The summed E-state index contributed by atoms with van der Waals surface area (Å²) >= 11 is 1.63. The first kappa shape index (κ1) is 15.5. The molecule has 2 aromatic heterocycles. The van der Waals surface area contributed by atoms with Gasteiger partial charge in [0.1, 0.15) is 11.6 Å². The first-order chi connectivity index (χ1) is 10.1. The van der Waals surface area contributed by atoms with Gasteiger partial charge in [-0.15, -0.1) is 11.3 Å². The number of esters is 1. The predicted molar refractivity (Wildman–Crippen MR) is 82.5 cm³/mol. The van der Waals surface area contributed by atoms with E-state index < -0.39 is 5.97 Å². The molecule has 2 rings (SSSR count). The molecule has 2 N–H and O–H groups in total. The van der Waals surface area contributed by atoms with Crippen molar-refractivity contribution in [3.63, 3.8) is 0 Å². The lowest BCUT2D eigenvalue weighted by atomic mass is 10.4. The van der Waals surface area contributed by atoms with E-state index in [1.54, 1.807) is 18.3 Å². The first-order valence-corrected chi connectivity index (χ1v) is 7.87. The van der Waals surface area contributed by atoms with Crippen LogP contribution >= 0.6 is 11.3 Å². The quantitative estimate of drug-likeness (QED) is 0.827. The Hall–Kier alpha value is -1.89. The number of hydrogen-bond donors (Lipinski definition) is 1. The van der Waals surface area contributed by atoms with E-state index >= 15 is 0 Å². The average Bonchev–Trinajstić information content (AvgIpc) is 3.00. The lowest BCUT2D eigenvalue weighted by Gasteiger charge is -2.07. The summed E-state index contributed by atoms with van der Waals surface area (Å²) in [4.78, 5) is 20.6. The molecule has 0 amide bonds. The topological polar surface area (TPSA) is 83.0 Å². The molecule has 114 valence electrons. The maximum atomic E-state index is 11.8. The third-order valence-corrected chi connectivity index (χ3v) is 4.11. The molecular weight excluding hydrogens is 288 g/mol. The Labute approximate surface area is 128 Å². The number of nitrogens with two attached hydrogens (primary N) is 1. The Bertz CT molecular complexity index is 633. The van der Waals surface area contributed by atoms with Crippen molar-refractivity contribution in [3.05, 3.63) is 27.6 Å². The molecular formula is C14H20N4O2S. The van der Waals surface area contributed by atoms with Crippen molar-refractivity contribution >= 4 is 23.1 Å². The van der Waals surface area contributed by atoms with Gasteiger partial charge in [-0.25, -0.2) is 14.8 Å². The Balaban J connectivity index is 2.19. The maximum absolute atomic E-state index is 11.8. The van der Waals surface area contributed by atoms with Gasteiger partial charge in [0.05, 0.1) is 11.6 Å². The number of aromatic nitrogens is 3. The number of nitrogens with zero attached hydrogens (tertiary/aromatic N) is 3. The molecule has 0 saturated heterocycles. The summed E-state index contributed by atoms with van der Waals surface area (Å²) < 4.78 is 6.86. The van der Waals surface area contributed by atoms with E-state index in [-0.39, 0.29) is 5.69 Å². The Morgan fingerprint density at radius 3 is 2.76 bits per heavy atom. The molecule has 6 nitrogen and oxygen atoms in total. The van der Waals surface area contributed by atoms with Crippen molar-refractivity contribution in [2.75, 3.05) is 12.3 Å². The molecule has 0 unspecified atom stereocenters. The van der Waals surface area contributed by atoms with E-state index in [1.165, 1.54) is 0 Å². The van der Waals surface area contributed by atoms with E-state index in [0.717, 1.165) is 22.9 Å². The molecule has 0 aliphatic heterocycles. The molecule has 0 radical (unpaired) electrons. The zero-order valence-electron chi connectivity index (χ0n) is 12.5. The number of rotatable bonds is 6. The van der Waals surface area contributed by atoms with E-state index in [1.807, 2.05) is 23.8 Å². The van der Waals surface area contributed by atoms with Crippen molar-refractivity contribution in [2.45, 2.75) is 40.2 Å². The largest absolute Gasteiger partial charge is 0.461 e. The van der Waals surface area contributed by atoms with Gasteiger partial charge < -0.3 is 15.0 Å². The number of imidazole rings is 1. The highest BCUT2D eigenvalue weighted by Crippen LogP contribution is 2.18. The second-order valence-corrected chi connectivity index (χ2v) is 5.56. The number of anilines is 1. The smallest absolute Gasteiger partial charge is 0.360 e. The van der Waals surface area contributed by atoms with Crippen LogP contribution in [0.3, 0.4) is 0 Å². The number of thiazole rings is 1. The van der Waals surface area contributed by atoms with Crippen molar-refractivity contribution in [1.29, 1.82) is 0 Å².